The SMILES string of the molecule is CCCCCCCC(NCC)C(OCC)C(C)(C)C. The summed E-state index contributed by atoms with van der Waals surface area (Å²) in [6.45, 7) is 15.3. The Labute approximate surface area is 121 Å². The zero-order valence-corrected chi connectivity index (χ0v) is 14.2. The summed E-state index contributed by atoms with van der Waals surface area (Å²) >= 11 is 0. The standard InChI is InChI=1S/C17H37NO/c1-7-10-11-12-13-14-15(18-8-2)16(19-9-3)17(4,5)6/h15-16,18H,7-14H2,1-6H3. The van der Waals surface area contributed by atoms with Gasteiger partial charge in [0.15, 0.2) is 0 Å². The number of nitrogens with one attached hydrogen (secondary N) is 1. The van der Waals surface area contributed by atoms with Crippen molar-refractivity contribution in [2.75, 3.05) is 13.2 Å². The van der Waals surface area contributed by atoms with Crippen LogP contribution < -0.4 is 5.32 Å². The van der Waals surface area contributed by atoms with Crippen LogP contribution in [0.5, 0.6) is 0 Å². The third kappa shape index (κ3) is 8.65. The van der Waals surface area contributed by atoms with Crippen molar-refractivity contribution in [2.45, 2.75) is 92.2 Å². The average Bonchev–Trinajstić information content (AvgIpc) is 2.33. The zero-order valence-electron chi connectivity index (χ0n) is 14.2. The maximum absolute atomic E-state index is 6.04. The first-order chi connectivity index (χ1) is 8.97. The molecule has 0 aliphatic heterocycles. The molecule has 0 amide bonds. The predicted molar refractivity (Wildman–Crippen MR) is 85.7 cm³/mol. The topological polar surface area (TPSA) is 21.3 Å². The van der Waals surface area contributed by atoms with Gasteiger partial charge in [-0.25, -0.2) is 0 Å². The summed E-state index contributed by atoms with van der Waals surface area (Å²) in [4.78, 5) is 0. The Kier molecular flexibility index (Phi) is 10.6. The first-order valence-electron chi connectivity index (χ1n) is 8.32. The summed E-state index contributed by atoms with van der Waals surface area (Å²) in [6.07, 6.45) is 8.29. The quantitative estimate of drug-likeness (QED) is 0.546. The summed E-state index contributed by atoms with van der Waals surface area (Å²) in [6, 6.07) is 0.492. The molecule has 2 heteroatoms. The molecular formula is C17H37NO. The van der Waals surface area contributed by atoms with Gasteiger partial charge in [-0.2, -0.15) is 0 Å². The lowest BCUT2D eigenvalue weighted by Crippen LogP contribution is -2.48. The fourth-order valence-electron chi connectivity index (χ4n) is 2.74. The molecule has 0 saturated heterocycles. The molecule has 116 valence electrons. The molecule has 0 rings (SSSR count). The van der Waals surface area contributed by atoms with Crippen molar-refractivity contribution in [3.8, 4) is 0 Å². The van der Waals surface area contributed by atoms with Gasteiger partial charge in [-0.05, 0) is 25.3 Å². The summed E-state index contributed by atoms with van der Waals surface area (Å²) in [5.41, 5.74) is 0.201. The highest BCUT2D eigenvalue weighted by Crippen LogP contribution is 2.27. The van der Waals surface area contributed by atoms with E-state index in [-0.39, 0.29) is 5.41 Å². The third-order valence-corrected chi connectivity index (χ3v) is 3.65. The normalized spacial score (nSPS) is 15.5. The van der Waals surface area contributed by atoms with Crippen molar-refractivity contribution in [3.05, 3.63) is 0 Å². The van der Waals surface area contributed by atoms with E-state index in [1.54, 1.807) is 0 Å². The second-order valence-corrected chi connectivity index (χ2v) is 6.61. The van der Waals surface area contributed by atoms with Crippen molar-refractivity contribution in [1.82, 2.24) is 5.32 Å². The van der Waals surface area contributed by atoms with E-state index in [4.69, 9.17) is 4.74 Å². The highest BCUT2D eigenvalue weighted by molar-refractivity contribution is 4.86. The Bertz CT molecular complexity index is 198. The fourth-order valence-corrected chi connectivity index (χ4v) is 2.74. The van der Waals surface area contributed by atoms with Crippen LogP contribution in [-0.2, 0) is 4.74 Å². The number of ether oxygens (including phenoxy) is 1. The number of unbranched alkanes of at least 4 members (excludes halogenated alkanes) is 4. The molecule has 19 heavy (non-hydrogen) atoms. The molecule has 0 spiro atoms. The van der Waals surface area contributed by atoms with Crippen LogP contribution >= 0.6 is 0 Å². The lowest BCUT2D eigenvalue weighted by atomic mass is 9.82. The molecular weight excluding hydrogens is 234 g/mol. The van der Waals surface area contributed by atoms with E-state index < -0.39 is 0 Å². The van der Waals surface area contributed by atoms with E-state index in [0.717, 1.165) is 13.2 Å². The molecule has 0 fully saturated rings. The van der Waals surface area contributed by atoms with Crippen molar-refractivity contribution in [1.29, 1.82) is 0 Å². The van der Waals surface area contributed by atoms with Crippen LogP contribution in [0, 0.1) is 5.41 Å². The van der Waals surface area contributed by atoms with E-state index in [0.29, 0.717) is 12.1 Å². The van der Waals surface area contributed by atoms with Gasteiger partial charge in [-0.1, -0.05) is 66.7 Å². The zero-order chi connectivity index (χ0) is 14.7. The van der Waals surface area contributed by atoms with Gasteiger partial charge in [-0.3, -0.25) is 0 Å². The van der Waals surface area contributed by atoms with Crippen LogP contribution in [-0.4, -0.2) is 25.3 Å². The van der Waals surface area contributed by atoms with Gasteiger partial charge >= 0.3 is 0 Å². The van der Waals surface area contributed by atoms with Crippen LogP contribution in [0.1, 0.15) is 80.1 Å². The van der Waals surface area contributed by atoms with Crippen molar-refractivity contribution in [2.24, 2.45) is 5.41 Å². The minimum absolute atomic E-state index is 0.201. The molecule has 1 N–H and O–H groups in total. The molecule has 0 radical (unpaired) electrons. The Morgan fingerprint density at radius 1 is 0.947 bits per heavy atom. The van der Waals surface area contributed by atoms with E-state index in [1.807, 2.05) is 0 Å². The maximum Gasteiger partial charge on any atom is 0.0775 e. The van der Waals surface area contributed by atoms with Gasteiger partial charge in [0, 0.05) is 12.6 Å². The lowest BCUT2D eigenvalue weighted by Gasteiger charge is -2.37. The number of likely N-dealkylation sites (N-methyl/N-ethyl adjacent to an activating group) is 1. The van der Waals surface area contributed by atoms with Crippen molar-refractivity contribution in [3.63, 3.8) is 0 Å². The monoisotopic (exact) mass is 271 g/mol. The molecule has 0 aliphatic rings. The van der Waals surface area contributed by atoms with Crippen molar-refractivity contribution >= 4 is 0 Å². The first kappa shape index (κ1) is 18.9. The van der Waals surface area contributed by atoms with Gasteiger partial charge in [-0.15, -0.1) is 0 Å². The molecule has 0 aromatic rings. The average molecular weight is 271 g/mol. The molecule has 0 aromatic carbocycles. The largest absolute Gasteiger partial charge is 0.376 e. The molecule has 0 aliphatic carbocycles. The Balaban J connectivity index is 4.32. The summed E-state index contributed by atoms with van der Waals surface area (Å²) in [7, 11) is 0. The van der Waals surface area contributed by atoms with Crippen LogP contribution in [0.3, 0.4) is 0 Å². The van der Waals surface area contributed by atoms with Crippen LogP contribution in [0.25, 0.3) is 0 Å². The van der Waals surface area contributed by atoms with Gasteiger partial charge in [0.1, 0.15) is 0 Å². The number of hydrogen-bond acceptors (Lipinski definition) is 2. The van der Waals surface area contributed by atoms with Crippen LogP contribution in [0.2, 0.25) is 0 Å². The second-order valence-electron chi connectivity index (χ2n) is 6.61. The summed E-state index contributed by atoms with van der Waals surface area (Å²) < 4.78 is 6.04. The summed E-state index contributed by atoms with van der Waals surface area (Å²) in [5.74, 6) is 0. The highest BCUT2D eigenvalue weighted by atomic mass is 16.5. The maximum atomic E-state index is 6.04. The molecule has 0 bridgehead atoms. The predicted octanol–water partition coefficient (Wildman–Crippen LogP) is 4.78. The molecule has 2 nitrogen and oxygen atoms in total. The van der Waals surface area contributed by atoms with Gasteiger partial charge < -0.3 is 10.1 Å². The Morgan fingerprint density at radius 2 is 1.58 bits per heavy atom. The number of rotatable bonds is 11. The summed E-state index contributed by atoms with van der Waals surface area (Å²) in [5, 5.41) is 3.64. The molecule has 0 heterocycles. The van der Waals surface area contributed by atoms with Crippen LogP contribution in [0.4, 0.5) is 0 Å². The number of hydrogen-bond donors (Lipinski definition) is 1. The fraction of sp³-hybridized carbons (Fsp3) is 1.00. The Hall–Kier alpha value is -0.0800. The lowest BCUT2D eigenvalue weighted by molar-refractivity contribution is -0.0375. The molecule has 2 unspecified atom stereocenters. The highest BCUT2D eigenvalue weighted by Gasteiger charge is 2.31. The van der Waals surface area contributed by atoms with E-state index in [1.165, 1.54) is 38.5 Å². The third-order valence-electron chi connectivity index (χ3n) is 3.65. The van der Waals surface area contributed by atoms with Gasteiger partial charge in [0.25, 0.3) is 0 Å². The van der Waals surface area contributed by atoms with E-state index >= 15 is 0 Å². The molecule has 0 saturated carbocycles. The Morgan fingerprint density at radius 3 is 2.05 bits per heavy atom. The van der Waals surface area contributed by atoms with Gasteiger partial charge in [0.2, 0.25) is 0 Å². The minimum Gasteiger partial charge on any atom is -0.376 e. The smallest absolute Gasteiger partial charge is 0.0775 e. The van der Waals surface area contributed by atoms with Gasteiger partial charge in [0.05, 0.1) is 6.10 Å². The van der Waals surface area contributed by atoms with Crippen molar-refractivity contribution < 1.29 is 4.74 Å². The first-order valence-corrected chi connectivity index (χ1v) is 8.32. The van der Waals surface area contributed by atoms with E-state index in [9.17, 15) is 0 Å². The van der Waals surface area contributed by atoms with Crippen LogP contribution in [0.15, 0.2) is 0 Å². The molecule has 0 aromatic heterocycles. The second kappa shape index (κ2) is 10.7. The minimum atomic E-state index is 0.201. The van der Waals surface area contributed by atoms with E-state index in [2.05, 4.69) is 46.9 Å². The molecule has 2 atom stereocenters.